The zero-order valence-corrected chi connectivity index (χ0v) is 17.6. The predicted octanol–water partition coefficient (Wildman–Crippen LogP) is 2.86. The molecular formula is C22H31N5O4. The summed E-state index contributed by atoms with van der Waals surface area (Å²) in [4.78, 5) is 22.9. The van der Waals surface area contributed by atoms with E-state index in [0.717, 1.165) is 49.1 Å². The van der Waals surface area contributed by atoms with Crippen LogP contribution in [0, 0.1) is 5.92 Å². The van der Waals surface area contributed by atoms with Gasteiger partial charge in [-0.3, -0.25) is 9.89 Å². The van der Waals surface area contributed by atoms with Crippen molar-refractivity contribution in [2.45, 2.75) is 44.4 Å². The molecule has 1 heterocycles. The third-order valence-corrected chi connectivity index (χ3v) is 5.59. The summed E-state index contributed by atoms with van der Waals surface area (Å²) in [6.07, 6.45) is 4.42. The largest absolute Gasteiger partial charge is 0.492 e. The highest BCUT2D eigenvalue weighted by atomic mass is 16.5. The molecule has 6 N–H and O–H groups in total. The van der Waals surface area contributed by atoms with Crippen LogP contribution in [-0.2, 0) is 11.2 Å². The van der Waals surface area contributed by atoms with E-state index in [-0.39, 0.29) is 12.3 Å². The van der Waals surface area contributed by atoms with Crippen LogP contribution in [-0.4, -0.2) is 47.0 Å². The molecule has 1 aromatic carbocycles. The van der Waals surface area contributed by atoms with Crippen LogP contribution in [0.15, 0.2) is 30.3 Å². The summed E-state index contributed by atoms with van der Waals surface area (Å²) >= 11 is 0. The van der Waals surface area contributed by atoms with Crippen LogP contribution < -0.4 is 21.1 Å². The van der Waals surface area contributed by atoms with Crippen LogP contribution in [0.3, 0.4) is 0 Å². The maximum atomic E-state index is 12.4. The number of aromatic nitrogens is 2. The van der Waals surface area contributed by atoms with E-state index in [2.05, 4.69) is 20.8 Å². The number of hydrogen-bond acceptors (Lipinski definition) is 5. The van der Waals surface area contributed by atoms with E-state index >= 15 is 0 Å². The van der Waals surface area contributed by atoms with E-state index in [9.17, 15) is 9.59 Å². The van der Waals surface area contributed by atoms with Crippen LogP contribution in [0.2, 0.25) is 0 Å². The third kappa shape index (κ3) is 7.29. The second kappa shape index (κ2) is 11.4. The quantitative estimate of drug-likeness (QED) is 0.348. The fourth-order valence-electron chi connectivity index (χ4n) is 4.07. The molecule has 1 aliphatic rings. The van der Waals surface area contributed by atoms with Crippen LogP contribution in [0.25, 0.3) is 0 Å². The molecule has 9 heteroatoms. The monoisotopic (exact) mass is 429 g/mol. The highest BCUT2D eigenvalue weighted by molar-refractivity contribution is 5.91. The first kappa shape index (κ1) is 22.6. The van der Waals surface area contributed by atoms with Gasteiger partial charge < -0.3 is 26.2 Å². The number of anilines is 1. The van der Waals surface area contributed by atoms with Crippen molar-refractivity contribution in [1.29, 1.82) is 0 Å². The number of carbonyl (C=O) groups is 2. The van der Waals surface area contributed by atoms with E-state index in [0.29, 0.717) is 37.4 Å². The first-order valence-electron chi connectivity index (χ1n) is 10.8. The van der Waals surface area contributed by atoms with E-state index in [1.807, 2.05) is 30.3 Å². The van der Waals surface area contributed by atoms with Gasteiger partial charge in [0.2, 0.25) is 5.91 Å². The summed E-state index contributed by atoms with van der Waals surface area (Å²) in [7, 11) is 0. The molecule has 2 atom stereocenters. The lowest BCUT2D eigenvalue weighted by Crippen LogP contribution is -2.22. The SMILES string of the molecule is NCCOc1ccc(CC(=O)Nc2cc([C@@H]3CC[C@@H](CCCNC(=O)O)C3)[nH]n2)cc1. The van der Waals surface area contributed by atoms with Crippen molar-refractivity contribution in [2.75, 3.05) is 25.0 Å². The fourth-order valence-corrected chi connectivity index (χ4v) is 4.07. The molecule has 1 aromatic heterocycles. The fraction of sp³-hybridized carbons (Fsp3) is 0.500. The van der Waals surface area contributed by atoms with E-state index < -0.39 is 6.09 Å². The molecule has 2 amide bonds. The van der Waals surface area contributed by atoms with Gasteiger partial charge in [0.25, 0.3) is 0 Å². The van der Waals surface area contributed by atoms with Gasteiger partial charge in [0.1, 0.15) is 12.4 Å². The Morgan fingerprint density at radius 1 is 1.26 bits per heavy atom. The maximum Gasteiger partial charge on any atom is 0.404 e. The predicted molar refractivity (Wildman–Crippen MR) is 117 cm³/mol. The van der Waals surface area contributed by atoms with E-state index in [1.165, 1.54) is 0 Å². The summed E-state index contributed by atoms with van der Waals surface area (Å²) in [5.41, 5.74) is 7.36. The van der Waals surface area contributed by atoms with Gasteiger partial charge in [-0.15, -0.1) is 0 Å². The Morgan fingerprint density at radius 3 is 2.81 bits per heavy atom. The molecule has 3 rings (SSSR count). The number of H-pyrrole nitrogens is 1. The number of hydrogen-bond donors (Lipinski definition) is 5. The minimum atomic E-state index is -0.968. The number of rotatable bonds is 11. The average molecular weight is 430 g/mol. The van der Waals surface area contributed by atoms with Crippen molar-refractivity contribution in [2.24, 2.45) is 11.7 Å². The van der Waals surface area contributed by atoms with Crippen molar-refractivity contribution < 1.29 is 19.4 Å². The number of carbonyl (C=O) groups excluding carboxylic acids is 1. The number of benzene rings is 1. The molecule has 0 aliphatic heterocycles. The molecule has 0 radical (unpaired) electrons. The number of nitrogens with zero attached hydrogens (tertiary/aromatic N) is 1. The number of nitrogens with two attached hydrogens (primary N) is 1. The lowest BCUT2D eigenvalue weighted by atomic mass is 9.98. The Labute approximate surface area is 181 Å². The summed E-state index contributed by atoms with van der Waals surface area (Å²) < 4.78 is 5.44. The molecule has 0 saturated heterocycles. The number of amides is 2. The van der Waals surface area contributed by atoms with Crippen molar-refractivity contribution in [1.82, 2.24) is 15.5 Å². The molecule has 31 heavy (non-hydrogen) atoms. The van der Waals surface area contributed by atoms with Gasteiger partial charge in [0.15, 0.2) is 5.82 Å². The van der Waals surface area contributed by atoms with Gasteiger partial charge >= 0.3 is 6.09 Å². The lowest BCUT2D eigenvalue weighted by Gasteiger charge is -2.10. The van der Waals surface area contributed by atoms with Crippen LogP contribution in [0.1, 0.15) is 49.3 Å². The van der Waals surface area contributed by atoms with Crippen LogP contribution in [0.5, 0.6) is 5.75 Å². The summed E-state index contributed by atoms with van der Waals surface area (Å²) in [5, 5.41) is 21.2. The first-order chi connectivity index (χ1) is 15.0. The van der Waals surface area contributed by atoms with Gasteiger partial charge in [-0.25, -0.2) is 4.79 Å². The Balaban J connectivity index is 1.42. The molecule has 168 valence electrons. The average Bonchev–Trinajstić information content (AvgIpc) is 3.40. The Morgan fingerprint density at radius 2 is 2.06 bits per heavy atom. The number of carboxylic acid groups (broad SMARTS) is 1. The molecule has 0 bridgehead atoms. The van der Waals surface area contributed by atoms with Gasteiger partial charge in [0.05, 0.1) is 6.42 Å². The maximum absolute atomic E-state index is 12.4. The Hall–Kier alpha value is -3.07. The van der Waals surface area contributed by atoms with E-state index in [4.69, 9.17) is 15.6 Å². The van der Waals surface area contributed by atoms with Crippen molar-refractivity contribution in [3.8, 4) is 5.75 Å². The normalized spacial score (nSPS) is 18.0. The van der Waals surface area contributed by atoms with Gasteiger partial charge in [-0.05, 0) is 55.7 Å². The van der Waals surface area contributed by atoms with Crippen LogP contribution in [0.4, 0.5) is 10.6 Å². The zero-order chi connectivity index (χ0) is 22.1. The highest BCUT2D eigenvalue weighted by Crippen LogP contribution is 2.39. The summed E-state index contributed by atoms with van der Waals surface area (Å²) in [6.45, 7) is 1.42. The van der Waals surface area contributed by atoms with Crippen molar-refractivity contribution in [3.05, 3.63) is 41.6 Å². The summed E-state index contributed by atoms with van der Waals surface area (Å²) in [6, 6.07) is 9.32. The minimum Gasteiger partial charge on any atom is -0.492 e. The number of ether oxygens (including phenoxy) is 1. The molecule has 0 unspecified atom stereocenters. The van der Waals surface area contributed by atoms with Crippen molar-refractivity contribution in [3.63, 3.8) is 0 Å². The third-order valence-electron chi connectivity index (χ3n) is 5.59. The molecule has 0 spiro atoms. The Bertz CT molecular complexity index is 852. The molecule has 1 aliphatic carbocycles. The van der Waals surface area contributed by atoms with Gasteiger partial charge in [0, 0.05) is 30.8 Å². The molecule has 2 aromatic rings. The highest BCUT2D eigenvalue weighted by Gasteiger charge is 2.27. The number of aromatic amines is 1. The molecule has 1 fully saturated rings. The van der Waals surface area contributed by atoms with Crippen LogP contribution >= 0.6 is 0 Å². The van der Waals surface area contributed by atoms with E-state index in [1.54, 1.807) is 0 Å². The van der Waals surface area contributed by atoms with Crippen molar-refractivity contribution >= 4 is 17.8 Å². The Kier molecular flexibility index (Phi) is 8.28. The smallest absolute Gasteiger partial charge is 0.404 e. The van der Waals surface area contributed by atoms with Gasteiger partial charge in [-0.2, -0.15) is 5.10 Å². The van der Waals surface area contributed by atoms with Gasteiger partial charge in [-0.1, -0.05) is 12.1 Å². The minimum absolute atomic E-state index is 0.121. The second-order valence-electron chi connectivity index (χ2n) is 7.96. The molecular weight excluding hydrogens is 398 g/mol. The molecule has 1 saturated carbocycles. The second-order valence-corrected chi connectivity index (χ2v) is 7.96. The first-order valence-corrected chi connectivity index (χ1v) is 10.8. The topological polar surface area (TPSA) is 142 Å². The lowest BCUT2D eigenvalue weighted by molar-refractivity contribution is -0.115. The summed E-state index contributed by atoms with van der Waals surface area (Å²) in [5.74, 6) is 2.15. The zero-order valence-electron chi connectivity index (χ0n) is 17.6. The standard InChI is InChI=1S/C22H31N5O4/c23-9-11-31-18-7-4-16(5-8-18)13-21(28)25-20-14-19(26-27-20)17-6-3-15(12-17)2-1-10-24-22(29)30/h4-5,7-8,14-15,17,24H,1-3,6,9-13,23H2,(H,29,30)(H2,25,26,27,28)/t15-,17-/m1/s1. The number of nitrogens with one attached hydrogen (secondary N) is 3. The molecule has 9 nitrogen and oxygen atoms in total.